The fourth-order valence-corrected chi connectivity index (χ4v) is 2.77. The number of aromatic nitrogens is 1. The molecule has 1 aromatic heterocycles. The second kappa shape index (κ2) is 3.92. The molecule has 0 unspecified atom stereocenters. The Kier molecular flexibility index (Phi) is 2.92. The first-order valence-corrected chi connectivity index (χ1v) is 6.32. The van der Waals surface area contributed by atoms with Crippen LogP contribution in [0.4, 0.5) is 5.13 Å². The van der Waals surface area contributed by atoms with Crippen LogP contribution in [0, 0.1) is 0 Å². The van der Waals surface area contributed by atoms with Gasteiger partial charge in [-0.25, -0.2) is 4.98 Å². The van der Waals surface area contributed by atoms with E-state index in [9.17, 15) is 0 Å². The largest absolute Gasteiger partial charge is 0.345 e. The maximum Gasteiger partial charge on any atom is 0.186 e. The van der Waals surface area contributed by atoms with E-state index in [2.05, 4.69) is 35.7 Å². The van der Waals surface area contributed by atoms with E-state index in [0.717, 1.165) is 24.8 Å². The molecular formula is C10H16ClN3S. The van der Waals surface area contributed by atoms with Gasteiger partial charge in [-0.3, -0.25) is 4.90 Å². The average molecular weight is 246 g/mol. The Balaban J connectivity index is 2.13. The molecule has 0 N–H and O–H groups in total. The molecule has 3 nitrogen and oxygen atoms in total. The minimum absolute atomic E-state index is 0.205. The Morgan fingerprint density at radius 2 is 2.20 bits per heavy atom. The number of rotatable bonds is 1. The lowest BCUT2D eigenvalue weighted by molar-refractivity contribution is 0.139. The zero-order valence-electron chi connectivity index (χ0n) is 9.33. The number of piperazine rings is 1. The molecule has 1 fully saturated rings. The molecule has 0 spiro atoms. The quantitative estimate of drug-likeness (QED) is 0.757. The summed E-state index contributed by atoms with van der Waals surface area (Å²) in [6.07, 6.45) is 0. The molecule has 0 bridgehead atoms. The first-order valence-electron chi connectivity index (χ1n) is 5.06. The Morgan fingerprint density at radius 1 is 1.47 bits per heavy atom. The SMILES string of the molecule is CN1CCN(c2nc(Cl)cs2)CC1(C)C. The second-order valence-electron chi connectivity index (χ2n) is 4.61. The lowest BCUT2D eigenvalue weighted by Gasteiger charge is -2.45. The molecule has 1 aliphatic heterocycles. The highest BCUT2D eigenvalue weighted by Crippen LogP contribution is 2.28. The smallest absolute Gasteiger partial charge is 0.186 e. The molecule has 2 rings (SSSR count). The Morgan fingerprint density at radius 3 is 2.73 bits per heavy atom. The van der Waals surface area contributed by atoms with Gasteiger partial charge in [0.05, 0.1) is 0 Å². The molecule has 0 radical (unpaired) electrons. The summed E-state index contributed by atoms with van der Waals surface area (Å²) in [5.74, 6) is 0. The van der Waals surface area contributed by atoms with E-state index < -0.39 is 0 Å². The number of nitrogens with zero attached hydrogens (tertiary/aromatic N) is 3. The van der Waals surface area contributed by atoms with Gasteiger partial charge in [-0.15, -0.1) is 11.3 Å². The van der Waals surface area contributed by atoms with Crippen LogP contribution in [-0.2, 0) is 0 Å². The van der Waals surface area contributed by atoms with Crippen LogP contribution in [0.2, 0.25) is 5.15 Å². The predicted octanol–water partition coefficient (Wildman–Crippen LogP) is 2.33. The summed E-state index contributed by atoms with van der Waals surface area (Å²) in [5, 5.41) is 3.54. The van der Waals surface area contributed by atoms with E-state index in [1.807, 2.05) is 5.38 Å². The normalized spacial score (nSPS) is 22.0. The van der Waals surface area contributed by atoms with Crippen molar-refractivity contribution < 1.29 is 0 Å². The third-order valence-corrected chi connectivity index (χ3v) is 4.28. The van der Waals surface area contributed by atoms with Crippen molar-refractivity contribution in [2.24, 2.45) is 0 Å². The summed E-state index contributed by atoms with van der Waals surface area (Å²) in [6.45, 7) is 7.63. The molecule has 0 atom stereocenters. The van der Waals surface area contributed by atoms with Crippen LogP contribution in [0.15, 0.2) is 5.38 Å². The number of thiazole rings is 1. The number of likely N-dealkylation sites (N-methyl/N-ethyl adjacent to an activating group) is 1. The molecule has 1 aromatic rings. The van der Waals surface area contributed by atoms with Crippen LogP contribution in [0.25, 0.3) is 0 Å². The molecule has 5 heteroatoms. The van der Waals surface area contributed by atoms with Crippen molar-refractivity contribution in [3.63, 3.8) is 0 Å². The van der Waals surface area contributed by atoms with Crippen molar-refractivity contribution in [2.75, 3.05) is 31.6 Å². The summed E-state index contributed by atoms with van der Waals surface area (Å²) in [5.41, 5.74) is 0.205. The van der Waals surface area contributed by atoms with E-state index in [0.29, 0.717) is 5.15 Å². The van der Waals surface area contributed by atoms with E-state index in [4.69, 9.17) is 11.6 Å². The molecule has 0 saturated carbocycles. The third kappa shape index (κ3) is 2.27. The molecule has 0 aliphatic carbocycles. The highest BCUT2D eigenvalue weighted by Gasteiger charge is 2.31. The molecule has 1 aliphatic rings. The monoisotopic (exact) mass is 245 g/mol. The van der Waals surface area contributed by atoms with Gasteiger partial charge in [0.2, 0.25) is 0 Å². The summed E-state index contributed by atoms with van der Waals surface area (Å²) in [7, 11) is 2.17. The zero-order valence-corrected chi connectivity index (χ0v) is 10.9. The van der Waals surface area contributed by atoms with Crippen molar-refractivity contribution in [1.82, 2.24) is 9.88 Å². The lowest BCUT2D eigenvalue weighted by atomic mass is 10.0. The van der Waals surface area contributed by atoms with Gasteiger partial charge in [0.15, 0.2) is 5.13 Å². The number of anilines is 1. The van der Waals surface area contributed by atoms with E-state index in [-0.39, 0.29) is 5.54 Å². The van der Waals surface area contributed by atoms with Gasteiger partial charge in [0.1, 0.15) is 5.15 Å². The highest BCUT2D eigenvalue weighted by atomic mass is 35.5. The minimum atomic E-state index is 0.205. The summed E-state index contributed by atoms with van der Waals surface area (Å²) >= 11 is 7.46. The Labute approximate surface area is 99.7 Å². The maximum absolute atomic E-state index is 5.84. The minimum Gasteiger partial charge on any atom is -0.345 e. The number of halogens is 1. The van der Waals surface area contributed by atoms with Gasteiger partial charge in [-0.2, -0.15) is 0 Å². The fourth-order valence-electron chi connectivity index (χ4n) is 1.79. The highest BCUT2D eigenvalue weighted by molar-refractivity contribution is 7.14. The summed E-state index contributed by atoms with van der Waals surface area (Å²) < 4.78 is 0. The van der Waals surface area contributed by atoms with Gasteiger partial charge < -0.3 is 4.90 Å². The molecular weight excluding hydrogens is 230 g/mol. The predicted molar refractivity (Wildman–Crippen MR) is 66.0 cm³/mol. The third-order valence-electron chi connectivity index (χ3n) is 3.05. The van der Waals surface area contributed by atoms with Crippen LogP contribution in [-0.4, -0.2) is 42.1 Å². The van der Waals surface area contributed by atoms with Crippen molar-refractivity contribution >= 4 is 28.1 Å². The van der Waals surface area contributed by atoms with Crippen molar-refractivity contribution in [3.05, 3.63) is 10.5 Å². The molecule has 84 valence electrons. The first-order chi connectivity index (χ1) is 6.99. The average Bonchev–Trinajstić information content (AvgIpc) is 2.57. The fraction of sp³-hybridized carbons (Fsp3) is 0.700. The lowest BCUT2D eigenvalue weighted by Crippen LogP contribution is -2.57. The standard InChI is InChI=1S/C10H16ClN3S/c1-10(2)7-14(5-4-13(10)3)9-12-8(11)6-15-9/h6H,4-5,7H2,1-3H3. The van der Waals surface area contributed by atoms with Gasteiger partial charge >= 0.3 is 0 Å². The first kappa shape index (κ1) is 11.2. The maximum atomic E-state index is 5.84. The molecule has 15 heavy (non-hydrogen) atoms. The van der Waals surface area contributed by atoms with Crippen LogP contribution >= 0.6 is 22.9 Å². The number of hydrogen-bond donors (Lipinski definition) is 0. The van der Waals surface area contributed by atoms with Crippen molar-refractivity contribution in [3.8, 4) is 0 Å². The molecule has 0 amide bonds. The van der Waals surface area contributed by atoms with Gasteiger partial charge in [0.25, 0.3) is 0 Å². The van der Waals surface area contributed by atoms with Gasteiger partial charge in [0, 0.05) is 30.6 Å². The van der Waals surface area contributed by atoms with Crippen LogP contribution < -0.4 is 4.90 Å². The Hall–Kier alpha value is -0.320. The summed E-state index contributed by atoms with van der Waals surface area (Å²) in [6, 6.07) is 0. The topological polar surface area (TPSA) is 19.4 Å². The van der Waals surface area contributed by atoms with E-state index >= 15 is 0 Å². The second-order valence-corrected chi connectivity index (χ2v) is 5.83. The molecule has 0 aromatic carbocycles. The molecule has 1 saturated heterocycles. The van der Waals surface area contributed by atoms with Crippen molar-refractivity contribution in [2.45, 2.75) is 19.4 Å². The van der Waals surface area contributed by atoms with E-state index in [1.54, 1.807) is 11.3 Å². The van der Waals surface area contributed by atoms with Crippen LogP contribution in [0.5, 0.6) is 0 Å². The van der Waals surface area contributed by atoms with Crippen molar-refractivity contribution in [1.29, 1.82) is 0 Å². The van der Waals surface area contributed by atoms with Crippen LogP contribution in [0.3, 0.4) is 0 Å². The summed E-state index contributed by atoms with van der Waals surface area (Å²) in [4.78, 5) is 9.02. The van der Waals surface area contributed by atoms with Crippen LogP contribution in [0.1, 0.15) is 13.8 Å². The van der Waals surface area contributed by atoms with Gasteiger partial charge in [-0.05, 0) is 20.9 Å². The van der Waals surface area contributed by atoms with E-state index in [1.165, 1.54) is 0 Å². The number of hydrogen-bond acceptors (Lipinski definition) is 4. The Bertz CT molecular complexity index is 350. The van der Waals surface area contributed by atoms with Gasteiger partial charge in [-0.1, -0.05) is 11.6 Å². The zero-order chi connectivity index (χ0) is 11.1. The molecule has 2 heterocycles.